The summed E-state index contributed by atoms with van der Waals surface area (Å²) in [5, 5.41) is 3.92. The van der Waals surface area contributed by atoms with Gasteiger partial charge in [-0.1, -0.05) is 23.7 Å². The highest BCUT2D eigenvalue weighted by Gasteiger charge is 2.39. The summed E-state index contributed by atoms with van der Waals surface area (Å²) < 4.78 is 5.81. The van der Waals surface area contributed by atoms with Crippen LogP contribution >= 0.6 is 11.6 Å². The van der Waals surface area contributed by atoms with Gasteiger partial charge in [-0.15, -0.1) is 0 Å². The normalized spacial score (nSPS) is 23.3. The monoisotopic (exact) mass is 385 g/mol. The van der Waals surface area contributed by atoms with Gasteiger partial charge in [-0.25, -0.2) is 4.79 Å². The molecular formula is C22H24ClNO3. The van der Waals surface area contributed by atoms with Crippen molar-refractivity contribution in [3.8, 4) is 0 Å². The van der Waals surface area contributed by atoms with Gasteiger partial charge in [0.25, 0.3) is 0 Å². The van der Waals surface area contributed by atoms with Crippen molar-refractivity contribution in [1.29, 1.82) is 0 Å². The number of carbonyl (C=O) groups is 2. The van der Waals surface area contributed by atoms with Crippen molar-refractivity contribution in [3.63, 3.8) is 0 Å². The van der Waals surface area contributed by atoms with Gasteiger partial charge in [0.05, 0.1) is 5.57 Å². The largest absolute Gasteiger partial charge is 0.459 e. The molecule has 0 radical (unpaired) electrons. The van der Waals surface area contributed by atoms with Crippen molar-refractivity contribution >= 4 is 23.4 Å². The molecule has 0 spiro atoms. The maximum Gasteiger partial charge on any atom is 0.337 e. The van der Waals surface area contributed by atoms with E-state index in [2.05, 4.69) is 5.32 Å². The van der Waals surface area contributed by atoms with Gasteiger partial charge in [0.15, 0.2) is 5.78 Å². The second kappa shape index (κ2) is 7.51. The summed E-state index contributed by atoms with van der Waals surface area (Å²) in [7, 11) is 0. The quantitative estimate of drug-likeness (QED) is 0.760. The Kier molecular flexibility index (Phi) is 5.09. The number of ether oxygens (including phenoxy) is 1. The molecule has 4 rings (SSSR count). The number of hydrogen-bond acceptors (Lipinski definition) is 4. The molecule has 1 heterocycles. The molecule has 1 aromatic rings. The molecule has 4 nitrogen and oxygen atoms in total. The van der Waals surface area contributed by atoms with Gasteiger partial charge >= 0.3 is 5.97 Å². The molecule has 1 aromatic carbocycles. The highest BCUT2D eigenvalue weighted by Crippen LogP contribution is 2.43. The number of ketones is 1. The molecule has 0 aromatic heterocycles. The minimum absolute atomic E-state index is 0.0183. The summed E-state index contributed by atoms with van der Waals surface area (Å²) in [5.74, 6) is -0.629. The van der Waals surface area contributed by atoms with Crippen molar-refractivity contribution in [3.05, 3.63) is 57.4 Å². The maximum absolute atomic E-state index is 13.1. The topological polar surface area (TPSA) is 55.4 Å². The van der Waals surface area contributed by atoms with Crippen LogP contribution in [0.2, 0.25) is 5.02 Å². The van der Waals surface area contributed by atoms with Gasteiger partial charge < -0.3 is 10.1 Å². The highest BCUT2D eigenvalue weighted by atomic mass is 35.5. The van der Waals surface area contributed by atoms with E-state index in [1.165, 1.54) is 0 Å². The van der Waals surface area contributed by atoms with Gasteiger partial charge in [-0.2, -0.15) is 0 Å². The van der Waals surface area contributed by atoms with Crippen molar-refractivity contribution in [1.82, 2.24) is 5.32 Å². The van der Waals surface area contributed by atoms with E-state index in [9.17, 15) is 9.59 Å². The van der Waals surface area contributed by atoms with Crippen LogP contribution in [0.25, 0.3) is 0 Å². The fourth-order valence-corrected chi connectivity index (χ4v) is 4.69. The first-order valence-corrected chi connectivity index (χ1v) is 10.1. The molecule has 3 aliphatic rings. The first-order valence-electron chi connectivity index (χ1n) is 9.75. The zero-order chi connectivity index (χ0) is 19.0. The van der Waals surface area contributed by atoms with Gasteiger partial charge in [0, 0.05) is 34.3 Å². The van der Waals surface area contributed by atoms with Gasteiger partial charge in [0.2, 0.25) is 0 Å². The molecule has 1 aliphatic heterocycles. The van der Waals surface area contributed by atoms with Crippen LogP contribution in [-0.4, -0.2) is 17.9 Å². The summed E-state index contributed by atoms with van der Waals surface area (Å²) in [6, 6.07) is 7.45. The predicted molar refractivity (Wildman–Crippen MR) is 104 cm³/mol. The molecule has 5 heteroatoms. The first kappa shape index (κ1) is 18.3. The first-order chi connectivity index (χ1) is 13.0. The van der Waals surface area contributed by atoms with E-state index in [1.54, 1.807) is 6.07 Å². The lowest BCUT2D eigenvalue weighted by Crippen LogP contribution is -2.35. The lowest BCUT2D eigenvalue weighted by molar-refractivity contribution is -0.144. The number of dihydropyridines is 1. The van der Waals surface area contributed by atoms with E-state index in [0.29, 0.717) is 22.6 Å². The van der Waals surface area contributed by atoms with Crippen LogP contribution in [0, 0.1) is 0 Å². The molecular weight excluding hydrogens is 362 g/mol. The Morgan fingerprint density at radius 3 is 2.70 bits per heavy atom. The van der Waals surface area contributed by atoms with Crippen molar-refractivity contribution in [2.24, 2.45) is 0 Å². The van der Waals surface area contributed by atoms with E-state index in [1.807, 2.05) is 25.1 Å². The van der Waals surface area contributed by atoms with Crippen LogP contribution in [0.3, 0.4) is 0 Å². The predicted octanol–water partition coefficient (Wildman–Crippen LogP) is 4.79. The molecule has 142 valence electrons. The fraction of sp³-hybridized carbons (Fsp3) is 0.455. The lowest BCUT2D eigenvalue weighted by atomic mass is 9.75. The molecule has 27 heavy (non-hydrogen) atoms. The molecule has 1 saturated carbocycles. The third-order valence-corrected chi connectivity index (χ3v) is 5.99. The van der Waals surface area contributed by atoms with Gasteiger partial charge in [0.1, 0.15) is 6.10 Å². The summed E-state index contributed by atoms with van der Waals surface area (Å²) in [6.45, 7) is 1.89. The number of Topliss-reactive ketones (excluding diaryl/α,β-unsaturated/α-hetero) is 1. The van der Waals surface area contributed by atoms with Crippen LogP contribution in [0.4, 0.5) is 0 Å². The average molecular weight is 386 g/mol. The Morgan fingerprint density at radius 2 is 1.96 bits per heavy atom. The number of halogens is 1. The molecule has 0 amide bonds. The van der Waals surface area contributed by atoms with E-state index in [4.69, 9.17) is 16.3 Å². The zero-order valence-corrected chi connectivity index (χ0v) is 16.3. The van der Waals surface area contributed by atoms with E-state index in [-0.39, 0.29) is 17.9 Å². The van der Waals surface area contributed by atoms with E-state index >= 15 is 0 Å². The number of esters is 1. The van der Waals surface area contributed by atoms with Crippen molar-refractivity contribution < 1.29 is 14.3 Å². The van der Waals surface area contributed by atoms with Crippen LogP contribution < -0.4 is 5.32 Å². The van der Waals surface area contributed by atoms with Gasteiger partial charge in [-0.3, -0.25) is 4.79 Å². The Balaban J connectivity index is 1.77. The molecule has 1 atom stereocenters. The molecule has 1 N–H and O–H groups in total. The molecule has 1 fully saturated rings. The Bertz CT molecular complexity index is 849. The Labute approximate surface area is 164 Å². The number of hydrogen-bond donors (Lipinski definition) is 1. The Hall–Kier alpha value is -2.07. The number of nitrogens with one attached hydrogen (secondary N) is 1. The third-order valence-electron chi connectivity index (χ3n) is 5.75. The number of allylic oxidation sites excluding steroid dienone is 3. The second-order valence-corrected chi connectivity index (χ2v) is 8.07. The number of benzene rings is 1. The standard InChI is InChI=1S/C22H24ClNO3/c1-13-19(22(26)27-16-8-2-3-9-16)20(14-6-4-7-15(23)12-14)21-17(24-13)10-5-11-18(21)25/h4,6-7,12,16,20,24H,2-3,5,8-11H2,1H3/t20-/m1/s1. The minimum atomic E-state index is -0.415. The van der Waals surface area contributed by atoms with Gasteiger partial charge in [-0.05, 0) is 63.1 Å². The summed E-state index contributed by atoms with van der Waals surface area (Å²) in [4.78, 5) is 25.9. The van der Waals surface area contributed by atoms with Crippen molar-refractivity contribution in [2.45, 2.75) is 63.9 Å². The number of carbonyl (C=O) groups excluding carboxylic acids is 2. The van der Waals surface area contributed by atoms with E-state index in [0.717, 1.165) is 55.5 Å². The third kappa shape index (κ3) is 3.55. The summed E-state index contributed by atoms with van der Waals surface area (Å²) >= 11 is 6.23. The van der Waals surface area contributed by atoms with Crippen LogP contribution in [0.15, 0.2) is 46.8 Å². The SMILES string of the molecule is CC1=C(C(=O)OC2CCCC2)[C@@H](c2cccc(Cl)c2)C2=C(CCCC2=O)N1. The maximum atomic E-state index is 13.1. The average Bonchev–Trinajstić information content (AvgIpc) is 3.13. The second-order valence-electron chi connectivity index (χ2n) is 7.63. The number of rotatable bonds is 3. The zero-order valence-electron chi connectivity index (χ0n) is 15.5. The smallest absolute Gasteiger partial charge is 0.337 e. The van der Waals surface area contributed by atoms with Crippen molar-refractivity contribution in [2.75, 3.05) is 0 Å². The summed E-state index contributed by atoms with van der Waals surface area (Å²) in [5.41, 5.74) is 3.82. The summed E-state index contributed by atoms with van der Waals surface area (Å²) in [6.07, 6.45) is 6.18. The molecule has 2 aliphatic carbocycles. The minimum Gasteiger partial charge on any atom is -0.459 e. The highest BCUT2D eigenvalue weighted by molar-refractivity contribution is 6.30. The fourth-order valence-electron chi connectivity index (χ4n) is 4.49. The molecule has 0 unspecified atom stereocenters. The van der Waals surface area contributed by atoms with E-state index < -0.39 is 5.92 Å². The van der Waals surface area contributed by atoms with Crippen LogP contribution in [0.1, 0.15) is 63.4 Å². The lowest BCUT2D eigenvalue weighted by Gasteiger charge is -2.34. The molecule has 0 saturated heterocycles. The molecule has 0 bridgehead atoms. The van der Waals surface area contributed by atoms with Crippen LogP contribution in [-0.2, 0) is 14.3 Å². The van der Waals surface area contributed by atoms with Crippen LogP contribution in [0.5, 0.6) is 0 Å². The Morgan fingerprint density at radius 1 is 1.19 bits per heavy atom.